The average Bonchev–Trinajstić information content (AvgIpc) is 2.07. The maximum atomic E-state index is 2.19. The first-order valence-corrected chi connectivity index (χ1v) is 5.83. The van der Waals surface area contributed by atoms with Gasteiger partial charge in [0.05, 0.1) is 0 Å². The molecule has 0 aromatic heterocycles. The molecule has 0 heterocycles. The fourth-order valence-corrected chi connectivity index (χ4v) is 2.60. The van der Waals surface area contributed by atoms with E-state index in [1.54, 1.807) is 0 Å². The van der Waals surface area contributed by atoms with Crippen molar-refractivity contribution in [2.45, 2.75) is 11.8 Å². The third-order valence-corrected chi connectivity index (χ3v) is 3.41. The van der Waals surface area contributed by atoms with Crippen molar-refractivity contribution in [2.24, 2.45) is 0 Å². The van der Waals surface area contributed by atoms with Gasteiger partial charge in [0.15, 0.2) is 0 Å². The lowest BCUT2D eigenvalue weighted by Crippen LogP contribution is -1.73. The van der Waals surface area contributed by atoms with Crippen LogP contribution in [0.4, 0.5) is 0 Å². The molecule has 60 valence electrons. The number of thioether (sulfide) groups is 2. The number of hydrogen-bond acceptors (Lipinski definition) is 2. The fraction of sp³-hybridized carbons (Fsp3) is 0.333. The third kappa shape index (κ3) is 3.73. The highest BCUT2D eigenvalue weighted by molar-refractivity contribution is 8.16. The van der Waals surface area contributed by atoms with Crippen LogP contribution in [0.1, 0.15) is 6.92 Å². The van der Waals surface area contributed by atoms with Gasteiger partial charge in [-0.1, -0.05) is 25.1 Å². The molecule has 0 bridgehead atoms. The van der Waals surface area contributed by atoms with Crippen molar-refractivity contribution in [3.8, 4) is 0 Å². The van der Waals surface area contributed by atoms with Gasteiger partial charge in [-0.05, 0) is 17.9 Å². The molecule has 0 amide bonds. The van der Waals surface area contributed by atoms with Crippen molar-refractivity contribution in [3.05, 3.63) is 30.3 Å². The van der Waals surface area contributed by atoms with Gasteiger partial charge in [0.1, 0.15) is 0 Å². The Kier molecular flexibility index (Phi) is 4.55. The van der Waals surface area contributed by atoms with Crippen LogP contribution in [0.2, 0.25) is 0 Å². The highest BCUT2D eigenvalue weighted by Gasteiger charge is 1.89. The number of rotatable bonds is 4. The van der Waals surface area contributed by atoms with Crippen molar-refractivity contribution >= 4 is 23.5 Å². The van der Waals surface area contributed by atoms with Gasteiger partial charge in [-0.2, -0.15) is 11.8 Å². The van der Waals surface area contributed by atoms with Gasteiger partial charge in [0.25, 0.3) is 0 Å². The molecular formula is C9H12S2. The summed E-state index contributed by atoms with van der Waals surface area (Å²) in [6, 6.07) is 10.5. The van der Waals surface area contributed by atoms with Crippen molar-refractivity contribution in [2.75, 3.05) is 10.8 Å². The van der Waals surface area contributed by atoms with E-state index < -0.39 is 0 Å². The van der Waals surface area contributed by atoms with Gasteiger partial charge in [-0.3, -0.25) is 0 Å². The zero-order valence-electron chi connectivity index (χ0n) is 6.62. The van der Waals surface area contributed by atoms with Gasteiger partial charge in [0, 0.05) is 9.98 Å². The quantitative estimate of drug-likeness (QED) is 0.399. The largest absolute Gasteiger partial charge is 0.151 e. The Morgan fingerprint density at radius 3 is 2.55 bits per heavy atom. The van der Waals surface area contributed by atoms with Crippen LogP contribution < -0.4 is 0 Å². The standard InChI is InChI=1S/C9H12S2/c1-2-10-8-11-9-6-4-3-5-7-9/h3-7H,2,8H2,1H3. The maximum absolute atomic E-state index is 2.19. The zero-order chi connectivity index (χ0) is 7.94. The smallest absolute Gasteiger partial charge is 0.0439 e. The van der Waals surface area contributed by atoms with Crippen LogP contribution in [0.15, 0.2) is 35.2 Å². The average molecular weight is 184 g/mol. The molecule has 1 aromatic rings. The number of benzene rings is 1. The highest BCUT2D eigenvalue weighted by Crippen LogP contribution is 2.21. The monoisotopic (exact) mass is 184 g/mol. The minimum absolute atomic E-state index is 1.17. The molecule has 0 saturated heterocycles. The van der Waals surface area contributed by atoms with Gasteiger partial charge in [0.2, 0.25) is 0 Å². The Balaban J connectivity index is 2.28. The Hall–Kier alpha value is -0.0800. The molecule has 0 aliphatic heterocycles. The molecular weight excluding hydrogens is 172 g/mol. The Bertz CT molecular complexity index is 184. The summed E-state index contributed by atoms with van der Waals surface area (Å²) in [5.74, 6) is 1.21. The molecule has 2 heteroatoms. The predicted octanol–water partition coefficient (Wildman–Crippen LogP) is 3.49. The summed E-state index contributed by atoms with van der Waals surface area (Å²) in [7, 11) is 0. The first-order valence-electron chi connectivity index (χ1n) is 3.69. The van der Waals surface area contributed by atoms with Crippen molar-refractivity contribution < 1.29 is 0 Å². The molecule has 0 unspecified atom stereocenters. The SMILES string of the molecule is CCSCSc1ccccc1. The van der Waals surface area contributed by atoms with Crippen LogP contribution in [-0.4, -0.2) is 10.8 Å². The van der Waals surface area contributed by atoms with Crippen LogP contribution in [0.5, 0.6) is 0 Å². The zero-order valence-corrected chi connectivity index (χ0v) is 8.25. The second-order valence-electron chi connectivity index (χ2n) is 2.07. The highest BCUT2D eigenvalue weighted by atomic mass is 32.2. The van der Waals surface area contributed by atoms with E-state index in [0.29, 0.717) is 0 Å². The first kappa shape index (κ1) is 9.01. The summed E-state index contributed by atoms with van der Waals surface area (Å²) in [6.45, 7) is 2.19. The van der Waals surface area contributed by atoms with E-state index in [1.165, 1.54) is 15.7 Å². The summed E-state index contributed by atoms with van der Waals surface area (Å²) in [5.41, 5.74) is 0. The van der Waals surface area contributed by atoms with Gasteiger partial charge >= 0.3 is 0 Å². The molecule has 1 rings (SSSR count). The molecule has 0 fully saturated rings. The summed E-state index contributed by atoms with van der Waals surface area (Å²) < 4.78 is 0. The van der Waals surface area contributed by atoms with Gasteiger partial charge in [-0.25, -0.2) is 0 Å². The molecule has 11 heavy (non-hydrogen) atoms. The summed E-state index contributed by atoms with van der Waals surface area (Å²) in [5, 5.41) is 1.17. The van der Waals surface area contributed by atoms with E-state index in [4.69, 9.17) is 0 Å². The maximum Gasteiger partial charge on any atom is 0.0439 e. The minimum Gasteiger partial charge on any atom is -0.151 e. The van der Waals surface area contributed by atoms with Crippen molar-refractivity contribution in [1.82, 2.24) is 0 Å². The second kappa shape index (κ2) is 5.56. The molecule has 0 aliphatic carbocycles. The molecule has 0 radical (unpaired) electrons. The van der Waals surface area contributed by atoms with Crippen LogP contribution >= 0.6 is 23.5 Å². The fourth-order valence-electron chi connectivity index (χ4n) is 0.710. The molecule has 1 aromatic carbocycles. The Morgan fingerprint density at radius 1 is 1.18 bits per heavy atom. The van der Waals surface area contributed by atoms with E-state index in [2.05, 4.69) is 37.3 Å². The molecule has 0 aliphatic rings. The first-order chi connectivity index (χ1) is 5.43. The van der Waals surface area contributed by atoms with E-state index in [-0.39, 0.29) is 0 Å². The molecule has 0 spiro atoms. The van der Waals surface area contributed by atoms with E-state index in [9.17, 15) is 0 Å². The summed E-state index contributed by atoms with van der Waals surface area (Å²) >= 11 is 3.87. The normalized spacial score (nSPS) is 9.91. The lowest BCUT2D eigenvalue weighted by atomic mass is 10.4. The Morgan fingerprint density at radius 2 is 1.91 bits per heavy atom. The lowest BCUT2D eigenvalue weighted by Gasteiger charge is -1.98. The van der Waals surface area contributed by atoms with Gasteiger partial charge < -0.3 is 0 Å². The van der Waals surface area contributed by atoms with Crippen molar-refractivity contribution in [3.63, 3.8) is 0 Å². The molecule has 0 N–H and O–H groups in total. The van der Waals surface area contributed by atoms with Crippen LogP contribution in [0.3, 0.4) is 0 Å². The minimum atomic E-state index is 1.17. The lowest BCUT2D eigenvalue weighted by molar-refractivity contribution is 1.47. The van der Waals surface area contributed by atoms with E-state index in [0.717, 1.165) is 0 Å². The van der Waals surface area contributed by atoms with Crippen LogP contribution in [-0.2, 0) is 0 Å². The van der Waals surface area contributed by atoms with Crippen molar-refractivity contribution in [1.29, 1.82) is 0 Å². The second-order valence-corrected chi connectivity index (χ2v) is 4.76. The topological polar surface area (TPSA) is 0 Å². The Labute approximate surface area is 76.8 Å². The van der Waals surface area contributed by atoms with E-state index >= 15 is 0 Å². The van der Waals surface area contributed by atoms with Gasteiger partial charge in [-0.15, -0.1) is 11.8 Å². The summed E-state index contributed by atoms with van der Waals surface area (Å²) in [6.07, 6.45) is 0. The predicted molar refractivity (Wildman–Crippen MR) is 55.3 cm³/mol. The summed E-state index contributed by atoms with van der Waals surface area (Å²) in [4.78, 5) is 1.37. The number of hydrogen-bond donors (Lipinski definition) is 0. The van der Waals surface area contributed by atoms with Crippen LogP contribution in [0.25, 0.3) is 0 Å². The molecule has 0 saturated carbocycles. The van der Waals surface area contributed by atoms with Crippen LogP contribution in [0, 0.1) is 0 Å². The third-order valence-electron chi connectivity index (χ3n) is 1.26. The van der Waals surface area contributed by atoms with E-state index in [1.807, 2.05) is 23.5 Å². The molecule has 0 nitrogen and oxygen atoms in total. The molecule has 0 atom stereocenters.